The molecular formula is C17H24O6S. The Kier molecular flexibility index (Phi) is 8.67. The fourth-order valence-electron chi connectivity index (χ4n) is 1.78. The van der Waals surface area contributed by atoms with Gasteiger partial charge in [-0.25, -0.2) is 13.2 Å². The molecule has 0 radical (unpaired) electrons. The van der Waals surface area contributed by atoms with E-state index in [2.05, 4.69) is 6.58 Å². The van der Waals surface area contributed by atoms with Crippen LogP contribution in [0, 0.1) is 6.92 Å². The smallest absolute Gasteiger partial charge is 0.334 e. The SMILES string of the molecule is C=C(CS(=O)(=O)c1ccc(C)cc1)C(=O)OCCOCCOCC. The lowest BCUT2D eigenvalue weighted by molar-refractivity contribution is -0.140. The number of rotatable bonds is 11. The van der Waals surface area contributed by atoms with Crippen molar-refractivity contribution in [3.63, 3.8) is 0 Å². The van der Waals surface area contributed by atoms with Crippen molar-refractivity contribution in [2.24, 2.45) is 0 Å². The lowest BCUT2D eigenvalue weighted by atomic mass is 10.2. The van der Waals surface area contributed by atoms with E-state index in [0.29, 0.717) is 19.8 Å². The summed E-state index contributed by atoms with van der Waals surface area (Å²) < 4.78 is 39.7. The minimum Gasteiger partial charge on any atom is -0.460 e. The van der Waals surface area contributed by atoms with Gasteiger partial charge in [-0.15, -0.1) is 0 Å². The zero-order valence-electron chi connectivity index (χ0n) is 14.1. The molecular weight excluding hydrogens is 332 g/mol. The first-order chi connectivity index (χ1) is 11.4. The van der Waals surface area contributed by atoms with Crippen LogP contribution in [-0.4, -0.2) is 53.2 Å². The van der Waals surface area contributed by atoms with Crippen LogP contribution in [0.2, 0.25) is 0 Å². The normalized spacial score (nSPS) is 11.2. The third kappa shape index (κ3) is 7.25. The van der Waals surface area contributed by atoms with Gasteiger partial charge in [0.25, 0.3) is 0 Å². The molecule has 0 atom stereocenters. The summed E-state index contributed by atoms with van der Waals surface area (Å²) >= 11 is 0. The molecule has 134 valence electrons. The molecule has 1 rings (SSSR count). The summed E-state index contributed by atoms with van der Waals surface area (Å²) in [5.74, 6) is -1.21. The van der Waals surface area contributed by atoms with Crippen molar-refractivity contribution in [3.8, 4) is 0 Å². The van der Waals surface area contributed by atoms with E-state index in [9.17, 15) is 13.2 Å². The Morgan fingerprint density at radius 1 is 1.04 bits per heavy atom. The Balaban J connectivity index is 2.38. The van der Waals surface area contributed by atoms with Gasteiger partial charge in [-0.3, -0.25) is 0 Å². The van der Waals surface area contributed by atoms with Crippen molar-refractivity contribution in [2.75, 3.05) is 38.8 Å². The van der Waals surface area contributed by atoms with Crippen LogP contribution in [0.3, 0.4) is 0 Å². The molecule has 0 N–H and O–H groups in total. The van der Waals surface area contributed by atoms with E-state index < -0.39 is 21.6 Å². The highest BCUT2D eigenvalue weighted by Crippen LogP contribution is 2.15. The molecule has 1 aromatic carbocycles. The van der Waals surface area contributed by atoms with Crippen molar-refractivity contribution in [1.82, 2.24) is 0 Å². The number of ether oxygens (including phenoxy) is 3. The minimum atomic E-state index is -3.61. The molecule has 0 aliphatic rings. The summed E-state index contributed by atoms with van der Waals surface area (Å²) in [6, 6.07) is 6.42. The number of benzene rings is 1. The van der Waals surface area contributed by atoms with Gasteiger partial charge in [-0.1, -0.05) is 24.3 Å². The Labute approximate surface area is 143 Å². The Morgan fingerprint density at radius 3 is 2.25 bits per heavy atom. The number of carbonyl (C=O) groups is 1. The Bertz CT molecular complexity index is 634. The third-order valence-corrected chi connectivity index (χ3v) is 4.79. The minimum absolute atomic E-state index is 0.0363. The number of sulfone groups is 1. The summed E-state index contributed by atoms with van der Waals surface area (Å²) in [5.41, 5.74) is 0.849. The second-order valence-electron chi connectivity index (χ2n) is 5.12. The van der Waals surface area contributed by atoms with Crippen molar-refractivity contribution in [2.45, 2.75) is 18.7 Å². The molecule has 0 saturated carbocycles. The molecule has 0 saturated heterocycles. The fraction of sp³-hybridized carbons (Fsp3) is 0.471. The maximum absolute atomic E-state index is 12.2. The zero-order chi connectivity index (χ0) is 18.0. The van der Waals surface area contributed by atoms with Crippen LogP contribution in [0.4, 0.5) is 0 Å². The van der Waals surface area contributed by atoms with Crippen LogP contribution >= 0.6 is 0 Å². The fourth-order valence-corrected chi connectivity index (χ4v) is 3.07. The number of esters is 1. The average molecular weight is 356 g/mol. The number of aryl methyl sites for hydroxylation is 1. The number of hydrogen-bond donors (Lipinski definition) is 0. The number of hydrogen-bond acceptors (Lipinski definition) is 6. The summed E-state index contributed by atoms with van der Waals surface area (Å²) in [6.07, 6.45) is 0. The Morgan fingerprint density at radius 2 is 1.62 bits per heavy atom. The van der Waals surface area contributed by atoms with Gasteiger partial charge in [0, 0.05) is 12.2 Å². The first kappa shape index (κ1) is 20.3. The van der Waals surface area contributed by atoms with Crippen molar-refractivity contribution >= 4 is 15.8 Å². The van der Waals surface area contributed by atoms with Crippen LogP contribution in [0.1, 0.15) is 12.5 Å². The second-order valence-corrected chi connectivity index (χ2v) is 7.11. The van der Waals surface area contributed by atoms with E-state index in [0.717, 1.165) is 5.56 Å². The molecule has 1 aromatic rings. The zero-order valence-corrected chi connectivity index (χ0v) is 14.9. The topological polar surface area (TPSA) is 78.9 Å². The average Bonchev–Trinajstić information content (AvgIpc) is 2.53. The molecule has 0 unspecified atom stereocenters. The lowest BCUT2D eigenvalue weighted by Gasteiger charge is -2.09. The van der Waals surface area contributed by atoms with Crippen LogP contribution < -0.4 is 0 Å². The highest BCUT2D eigenvalue weighted by atomic mass is 32.2. The monoisotopic (exact) mass is 356 g/mol. The third-order valence-electron chi connectivity index (χ3n) is 3.07. The van der Waals surface area contributed by atoms with Crippen molar-refractivity contribution in [1.29, 1.82) is 0 Å². The Hall–Kier alpha value is -1.70. The lowest BCUT2D eigenvalue weighted by Crippen LogP contribution is -2.18. The van der Waals surface area contributed by atoms with Crippen LogP contribution in [0.5, 0.6) is 0 Å². The predicted octanol–water partition coefficient (Wildman–Crippen LogP) is 1.92. The van der Waals surface area contributed by atoms with E-state index in [4.69, 9.17) is 14.2 Å². The summed E-state index contributed by atoms with van der Waals surface area (Å²) in [6.45, 7) is 9.02. The quantitative estimate of drug-likeness (QED) is 0.342. The summed E-state index contributed by atoms with van der Waals surface area (Å²) in [5, 5.41) is 0. The maximum atomic E-state index is 12.2. The molecule has 7 heteroatoms. The van der Waals surface area contributed by atoms with Gasteiger partial charge in [-0.2, -0.15) is 0 Å². The molecule has 0 aromatic heterocycles. The highest BCUT2D eigenvalue weighted by Gasteiger charge is 2.20. The van der Waals surface area contributed by atoms with E-state index in [1.807, 2.05) is 13.8 Å². The van der Waals surface area contributed by atoms with Gasteiger partial charge in [0.2, 0.25) is 0 Å². The maximum Gasteiger partial charge on any atom is 0.334 e. The van der Waals surface area contributed by atoms with E-state index >= 15 is 0 Å². The first-order valence-corrected chi connectivity index (χ1v) is 9.32. The van der Waals surface area contributed by atoms with Gasteiger partial charge in [0.15, 0.2) is 9.84 Å². The van der Waals surface area contributed by atoms with Crippen molar-refractivity contribution in [3.05, 3.63) is 42.0 Å². The molecule has 0 bridgehead atoms. The molecule has 0 spiro atoms. The molecule has 24 heavy (non-hydrogen) atoms. The first-order valence-electron chi connectivity index (χ1n) is 7.66. The van der Waals surface area contributed by atoms with Crippen LogP contribution in [0.15, 0.2) is 41.3 Å². The second kappa shape index (κ2) is 10.2. The number of carbonyl (C=O) groups excluding carboxylic acids is 1. The standard InChI is InChI=1S/C17H24O6S/c1-4-21-9-10-22-11-12-23-17(18)15(3)13-24(19,20)16-7-5-14(2)6-8-16/h5-8H,3-4,9-13H2,1-2H3. The van der Waals surface area contributed by atoms with Gasteiger partial charge < -0.3 is 14.2 Å². The van der Waals surface area contributed by atoms with Gasteiger partial charge in [0.05, 0.1) is 30.5 Å². The van der Waals surface area contributed by atoms with Crippen LogP contribution in [0.25, 0.3) is 0 Å². The highest BCUT2D eigenvalue weighted by molar-refractivity contribution is 7.91. The molecule has 0 fully saturated rings. The predicted molar refractivity (Wildman–Crippen MR) is 90.6 cm³/mol. The van der Waals surface area contributed by atoms with Gasteiger partial charge in [0.1, 0.15) is 6.61 Å². The van der Waals surface area contributed by atoms with Crippen LogP contribution in [-0.2, 0) is 28.8 Å². The molecule has 0 aliphatic carbocycles. The van der Waals surface area contributed by atoms with E-state index in [1.54, 1.807) is 12.1 Å². The van der Waals surface area contributed by atoms with Crippen molar-refractivity contribution < 1.29 is 27.4 Å². The van der Waals surface area contributed by atoms with Gasteiger partial charge >= 0.3 is 5.97 Å². The van der Waals surface area contributed by atoms with Gasteiger partial charge in [-0.05, 0) is 26.0 Å². The summed E-state index contributed by atoms with van der Waals surface area (Å²) in [7, 11) is -3.61. The molecule has 0 heterocycles. The molecule has 0 amide bonds. The molecule has 0 aliphatic heterocycles. The van der Waals surface area contributed by atoms with E-state index in [1.165, 1.54) is 12.1 Å². The summed E-state index contributed by atoms with van der Waals surface area (Å²) in [4.78, 5) is 11.9. The largest absolute Gasteiger partial charge is 0.460 e. The molecule has 6 nitrogen and oxygen atoms in total. The van der Waals surface area contributed by atoms with E-state index in [-0.39, 0.29) is 23.7 Å².